The van der Waals surface area contributed by atoms with E-state index in [2.05, 4.69) is 10.3 Å². The normalized spacial score (nSPS) is 15.1. The zero-order chi connectivity index (χ0) is 14.0. The van der Waals surface area contributed by atoms with Crippen molar-refractivity contribution in [1.29, 1.82) is 0 Å². The van der Waals surface area contributed by atoms with Crippen LogP contribution in [0.3, 0.4) is 0 Å². The van der Waals surface area contributed by atoms with Crippen LogP contribution in [0.4, 0.5) is 0 Å². The minimum atomic E-state index is -0.937. The monoisotopic (exact) mass is 260 g/mol. The molecule has 0 aromatic heterocycles. The smallest absolute Gasteiger partial charge is 0.326 e. The number of amidine groups is 1. The van der Waals surface area contributed by atoms with E-state index in [9.17, 15) is 14.7 Å². The number of hydrogen-bond acceptors (Lipinski definition) is 3. The second-order valence-corrected chi connectivity index (χ2v) is 4.98. The third-order valence-electron chi connectivity index (χ3n) is 2.94. The fourth-order valence-corrected chi connectivity index (χ4v) is 2.07. The Labute approximate surface area is 111 Å². The summed E-state index contributed by atoms with van der Waals surface area (Å²) in [7, 11) is 0. The van der Waals surface area contributed by atoms with Gasteiger partial charge in [0.05, 0.1) is 5.56 Å². The average molecular weight is 260 g/mol. The van der Waals surface area contributed by atoms with Crippen molar-refractivity contribution in [3.05, 3.63) is 35.4 Å². The molecule has 5 heteroatoms. The number of hydrogen-bond donors (Lipinski definition) is 2. The molecule has 1 aliphatic heterocycles. The average Bonchev–Trinajstić information content (AvgIpc) is 2.66. The fourth-order valence-electron chi connectivity index (χ4n) is 2.07. The summed E-state index contributed by atoms with van der Waals surface area (Å²) < 4.78 is 0. The first-order valence-corrected chi connectivity index (χ1v) is 6.20. The lowest BCUT2D eigenvalue weighted by molar-refractivity contribution is -0.139. The minimum absolute atomic E-state index is 0.238. The molecule has 0 aliphatic carbocycles. The van der Waals surface area contributed by atoms with Gasteiger partial charge in [-0.1, -0.05) is 32.0 Å². The van der Waals surface area contributed by atoms with Gasteiger partial charge in [0, 0.05) is 5.56 Å². The zero-order valence-electron chi connectivity index (χ0n) is 10.9. The molecule has 1 amide bonds. The van der Waals surface area contributed by atoms with Crippen LogP contribution in [0.5, 0.6) is 0 Å². The van der Waals surface area contributed by atoms with Gasteiger partial charge in [-0.15, -0.1) is 0 Å². The van der Waals surface area contributed by atoms with Crippen LogP contribution in [0.2, 0.25) is 0 Å². The van der Waals surface area contributed by atoms with Gasteiger partial charge in [0.25, 0.3) is 5.91 Å². The highest BCUT2D eigenvalue weighted by molar-refractivity contribution is 6.20. The zero-order valence-corrected chi connectivity index (χ0v) is 10.9. The highest BCUT2D eigenvalue weighted by atomic mass is 16.4. The number of nitrogens with one attached hydrogen (secondary N) is 1. The van der Waals surface area contributed by atoms with Crippen LogP contribution in [0.1, 0.15) is 36.2 Å². The number of fused-ring (bicyclic) bond motifs is 1. The number of aliphatic carboxylic acids is 1. The van der Waals surface area contributed by atoms with E-state index in [1.165, 1.54) is 0 Å². The van der Waals surface area contributed by atoms with Crippen molar-refractivity contribution < 1.29 is 14.7 Å². The van der Waals surface area contributed by atoms with Gasteiger partial charge < -0.3 is 10.4 Å². The molecule has 19 heavy (non-hydrogen) atoms. The van der Waals surface area contributed by atoms with E-state index in [0.29, 0.717) is 23.4 Å². The summed E-state index contributed by atoms with van der Waals surface area (Å²) >= 11 is 0. The molecule has 0 unspecified atom stereocenters. The predicted octanol–water partition coefficient (Wildman–Crippen LogP) is 1.68. The van der Waals surface area contributed by atoms with Gasteiger partial charge in [0.2, 0.25) is 0 Å². The Morgan fingerprint density at radius 3 is 2.53 bits per heavy atom. The molecule has 5 nitrogen and oxygen atoms in total. The number of nitrogens with zero attached hydrogens (tertiary/aromatic N) is 1. The van der Waals surface area contributed by atoms with Crippen molar-refractivity contribution in [3.8, 4) is 0 Å². The van der Waals surface area contributed by atoms with Gasteiger partial charge in [-0.3, -0.25) is 4.79 Å². The molecule has 1 aromatic rings. The van der Waals surface area contributed by atoms with E-state index >= 15 is 0 Å². The van der Waals surface area contributed by atoms with Crippen LogP contribution < -0.4 is 5.32 Å². The SMILES string of the molecule is CC(C)C[C@H](NC1=NC(=O)c2ccccc21)C(=O)O. The maximum absolute atomic E-state index is 11.7. The standard InChI is InChI=1S/C14H16N2O3/c1-8(2)7-11(14(18)19)15-12-9-5-3-4-6-10(9)13(17)16-12/h3-6,8,11H,7H2,1-2H3,(H,18,19)(H,15,16,17)/t11-/m0/s1. The quantitative estimate of drug-likeness (QED) is 0.863. The molecule has 0 fully saturated rings. The lowest BCUT2D eigenvalue weighted by atomic mass is 10.0. The Morgan fingerprint density at radius 2 is 1.95 bits per heavy atom. The van der Waals surface area contributed by atoms with Crippen LogP contribution >= 0.6 is 0 Å². The third-order valence-corrected chi connectivity index (χ3v) is 2.94. The summed E-state index contributed by atoms with van der Waals surface area (Å²) in [6.45, 7) is 3.90. The number of carboxylic acids is 1. The molecule has 0 saturated heterocycles. The molecule has 1 atom stereocenters. The van der Waals surface area contributed by atoms with Crippen LogP contribution in [-0.4, -0.2) is 28.9 Å². The molecule has 1 aromatic carbocycles. The second-order valence-electron chi connectivity index (χ2n) is 4.98. The lowest BCUT2D eigenvalue weighted by Gasteiger charge is -2.17. The molecule has 0 radical (unpaired) electrons. The Morgan fingerprint density at radius 1 is 1.32 bits per heavy atom. The van der Waals surface area contributed by atoms with Gasteiger partial charge in [0.1, 0.15) is 11.9 Å². The lowest BCUT2D eigenvalue weighted by Crippen LogP contribution is -2.41. The number of benzene rings is 1. The van der Waals surface area contributed by atoms with Crippen molar-refractivity contribution in [2.45, 2.75) is 26.3 Å². The summed E-state index contributed by atoms with van der Waals surface area (Å²) in [5, 5.41) is 12.1. The van der Waals surface area contributed by atoms with Gasteiger partial charge in [-0.05, 0) is 18.4 Å². The molecule has 0 bridgehead atoms. The van der Waals surface area contributed by atoms with Gasteiger partial charge in [-0.25, -0.2) is 4.79 Å². The summed E-state index contributed by atoms with van der Waals surface area (Å²) in [5.41, 5.74) is 1.18. The van der Waals surface area contributed by atoms with Crippen molar-refractivity contribution >= 4 is 17.7 Å². The first-order chi connectivity index (χ1) is 8.99. The Balaban J connectivity index is 2.22. The first-order valence-electron chi connectivity index (χ1n) is 6.20. The highest BCUT2D eigenvalue weighted by Crippen LogP contribution is 2.18. The minimum Gasteiger partial charge on any atom is -0.480 e. The van der Waals surface area contributed by atoms with Crippen molar-refractivity contribution in [1.82, 2.24) is 5.32 Å². The first kappa shape index (κ1) is 13.3. The maximum atomic E-state index is 11.7. The van der Waals surface area contributed by atoms with Gasteiger partial charge in [0.15, 0.2) is 0 Å². The Bertz CT molecular complexity index is 549. The number of carbonyl (C=O) groups is 2. The van der Waals surface area contributed by atoms with Crippen molar-refractivity contribution in [2.75, 3.05) is 0 Å². The third kappa shape index (κ3) is 2.81. The molecule has 1 heterocycles. The number of carbonyl (C=O) groups excluding carboxylic acids is 1. The van der Waals surface area contributed by atoms with E-state index in [1.54, 1.807) is 24.3 Å². The van der Waals surface area contributed by atoms with Crippen molar-refractivity contribution in [3.63, 3.8) is 0 Å². The number of aliphatic imine (C=N–C) groups is 1. The van der Waals surface area contributed by atoms with E-state index < -0.39 is 12.0 Å². The second kappa shape index (κ2) is 5.22. The molecule has 1 aliphatic rings. The van der Waals surface area contributed by atoms with E-state index in [1.807, 2.05) is 13.8 Å². The van der Waals surface area contributed by atoms with Crippen LogP contribution in [0, 0.1) is 5.92 Å². The predicted molar refractivity (Wildman–Crippen MR) is 71.3 cm³/mol. The van der Waals surface area contributed by atoms with Crippen molar-refractivity contribution in [2.24, 2.45) is 10.9 Å². The molecule has 2 N–H and O–H groups in total. The number of carboxylic acid groups (broad SMARTS) is 1. The molecule has 2 rings (SSSR count). The summed E-state index contributed by atoms with van der Waals surface area (Å²) in [5.74, 6) is -0.671. The highest BCUT2D eigenvalue weighted by Gasteiger charge is 2.27. The molecule has 0 saturated carbocycles. The Kier molecular flexibility index (Phi) is 3.64. The summed E-state index contributed by atoms with van der Waals surface area (Å²) in [6.07, 6.45) is 0.477. The van der Waals surface area contributed by atoms with Gasteiger partial charge in [-0.2, -0.15) is 4.99 Å². The largest absolute Gasteiger partial charge is 0.480 e. The van der Waals surface area contributed by atoms with E-state index in [0.717, 1.165) is 0 Å². The maximum Gasteiger partial charge on any atom is 0.326 e. The molecule has 0 spiro atoms. The van der Waals surface area contributed by atoms with E-state index in [4.69, 9.17) is 0 Å². The topological polar surface area (TPSA) is 78.8 Å². The van der Waals surface area contributed by atoms with E-state index in [-0.39, 0.29) is 11.8 Å². The fraction of sp³-hybridized carbons (Fsp3) is 0.357. The van der Waals surface area contributed by atoms with Crippen LogP contribution in [-0.2, 0) is 4.79 Å². The molecule has 100 valence electrons. The summed E-state index contributed by atoms with van der Waals surface area (Å²) in [6, 6.07) is 6.27. The number of rotatable bonds is 4. The summed E-state index contributed by atoms with van der Waals surface area (Å²) in [4.78, 5) is 26.8. The van der Waals surface area contributed by atoms with Crippen LogP contribution in [0.25, 0.3) is 0 Å². The van der Waals surface area contributed by atoms with Crippen LogP contribution in [0.15, 0.2) is 29.3 Å². The Hall–Kier alpha value is -2.17. The molecular formula is C14H16N2O3. The number of amides is 1. The van der Waals surface area contributed by atoms with Gasteiger partial charge >= 0.3 is 5.97 Å². The molecular weight excluding hydrogens is 244 g/mol.